The van der Waals surface area contributed by atoms with Crippen molar-refractivity contribution in [3.63, 3.8) is 0 Å². The number of halogens is 1. The third-order valence-electron chi connectivity index (χ3n) is 4.27. The van der Waals surface area contributed by atoms with E-state index in [1.807, 2.05) is 0 Å². The van der Waals surface area contributed by atoms with Crippen LogP contribution in [0.5, 0.6) is 0 Å². The van der Waals surface area contributed by atoms with Crippen molar-refractivity contribution < 1.29 is 0 Å². The topological polar surface area (TPSA) is 34.9 Å². The first kappa shape index (κ1) is 15.5. The van der Waals surface area contributed by atoms with Gasteiger partial charge in [0.25, 0.3) is 5.56 Å². The Morgan fingerprint density at radius 3 is 2.75 bits per heavy atom. The lowest BCUT2D eigenvalue weighted by molar-refractivity contribution is 0.725. The summed E-state index contributed by atoms with van der Waals surface area (Å²) in [4.78, 5) is 18.6. The minimum Gasteiger partial charge on any atom is -0.292 e. The summed E-state index contributed by atoms with van der Waals surface area (Å²) in [6, 6.07) is 13.6. The molecule has 3 aromatic rings. The number of fused-ring (bicyclic) bond motifs is 2. The summed E-state index contributed by atoms with van der Waals surface area (Å²) < 4.78 is 1.76. The van der Waals surface area contributed by atoms with Gasteiger partial charge in [-0.25, -0.2) is 4.98 Å². The second-order valence-electron chi connectivity index (χ2n) is 5.75. The number of rotatable bonds is 2. The largest absolute Gasteiger partial charge is 0.292 e. The van der Waals surface area contributed by atoms with Gasteiger partial charge in [0.15, 0.2) is 0 Å². The van der Waals surface area contributed by atoms with Crippen LogP contribution in [-0.2, 0) is 6.54 Å². The van der Waals surface area contributed by atoms with Crippen molar-refractivity contribution >= 4 is 45.9 Å². The number of benzene rings is 2. The Morgan fingerprint density at radius 1 is 1.21 bits per heavy atom. The summed E-state index contributed by atoms with van der Waals surface area (Å²) in [5, 5.41) is 1.21. The van der Waals surface area contributed by atoms with E-state index in [1.165, 1.54) is 4.90 Å². The molecule has 0 spiro atoms. The molecule has 3 nitrogen and oxygen atoms in total. The molecule has 0 saturated heterocycles. The van der Waals surface area contributed by atoms with E-state index in [1.54, 1.807) is 34.5 Å². The molecule has 0 saturated carbocycles. The molecule has 0 atom stereocenters. The van der Waals surface area contributed by atoms with Crippen molar-refractivity contribution in [1.29, 1.82) is 0 Å². The predicted molar refractivity (Wildman–Crippen MR) is 102 cm³/mol. The molecule has 0 aliphatic carbocycles. The zero-order valence-corrected chi connectivity index (χ0v) is 14.7. The highest BCUT2D eigenvalue weighted by atomic mass is 35.5. The first-order valence-corrected chi connectivity index (χ1v) is 9.31. The average Bonchev–Trinajstić information content (AvgIpc) is 2.98. The minimum absolute atomic E-state index is 0.00722. The number of thioether (sulfide) groups is 1. The lowest BCUT2D eigenvalue weighted by Crippen LogP contribution is -2.20. The van der Waals surface area contributed by atoms with E-state index in [0.29, 0.717) is 22.5 Å². The van der Waals surface area contributed by atoms with E-state index in [2.05, 4.69) is 36.6 Å². The van der Waals surface area contributed by atoms with Crippen molar-refractivity contribution in [3.05, 3.63) is 69.2 Å². The Bertz CT molecular complexity index is 1020. The smallest absolute Gasteiger partial charge is 0.261 e. The number of nitrogens with zero attached hydrogens (tertiary/aromatic N) is 2. The third-order valence-corrected chi connectivity index (χ3v) is 5.24. The van der Waals surface area contributed by atoms with Gasteiger partial charge in [0, 0.05) is 16.5 Å². The normalized spacial score (nSPS) is 15.2. The van der Waals surface area contributed by atoms with E-state index in [9.17, 15) is 4.79 Å². The molecule has 1 aliphatic rings. The van der Waals surface area contributed by atoms with Crippen molar-refractivity contribution in [2.24, 2.45) is 0 Å². The van der Waals surface area contributed by atoms with E-state index >= 15 is 0 Å². The van der Waals surface area contributed by atoms with Crippen LogP contribution >= 0.6 is 23.4 Å². The number of allylic oxidation sites excluding steroid dienone is 1. The Hall–Kier alpha value is -2.04. The zero-order chi connectivity index (χ0) is 16.7. The number of hydrogen-bond donors (Lipinski definition) is 0. The third kappa shape index (κ3) is 2.66. The van der Waals surface area contributed by atoms with E-state index < -0.39 is 0 Å². The minimum atomic E-state index is 0.00722. The maximum Gasteiger partial charge on any atom is 0.261 e. The molecule has 2 aromatic carbocycles. The Morgan fingerprint density at radius 2 is 2.00 bits per heavy atom. The van der Waals surface area contributed by atoms with Gasteiger partial charge in [-0.2, -0.15) is 0 Å². The fourth-order valence-corrected chi connectivity index (χ4v) is 3.60. The maximum atomic E-state index is 12.7. The molecule has 4 rings (SSSR count). The van der Waals surface area contributed by atoms with Gasteiger partial charge in [-0.3, -0.25) is 9.36 Å². The van der Waals surface area contributed by atoms with Crippen LogP contribution in [0.2, 0.25) is 5.02 Å². The highest BCUT2D eigenvalue weighted by Crippen LogP contribution is 2.28. The SMILES string of the molecule is CSc1ccc(/C=C2\CCn3c2nc2cc(Cl)ccc2c3=O)cc1. The van der Waals surface area contributed by atoms with Crippen molar-refractivity contribution in [3.8, 4) is 0 Å². The summed E-state index contributed by atoms with van der Waals surface area (Å²) in [6.45, 7) is 0.675. The van der Waals surface area contributed by atoms with Gasteiger partial charge in [0.2, 0.25) is 0 Å². The van der Waals surface area contributed by atoms with Gasteiger partial charge < -0.3 is 0 Å². The van der Waals surface area contributed by atoms with Crippen LogP contribution in [0.4, 0.5) is 0 Å². The zero-order valence-electron chi connectivity index (χ0n) is 13.1. The Labute approximate surface area is 149 Å². The molecule has 1 aliphatic heterocycles. The molecule has 0 radical (unpaired) electrons. The van der Waals surface area contributed by atoms with Crippen LogP contribution in [-0.4, -0.2) is 15.8 Å². The molecule has 0 fully saturated rings. The van der Waals surface area contributed by atoms with Gasteiger partial charge in [0.05, 0.1) is 10.9 Å². The first-order chi connectivity index (χ1) is 11.7. The second-order valence-corrected chi connectivity index (χ2v) is 7.06. The number of hydrogen-bond acceptors (Lipinski definition) is 3. The van der Waals surface area contributed by atoms with Gasteiger partial charge >= 0.3 is 0 Å². The average molecular weight is 355 g/mol. The van der Waals surface area contributed by atoms with Crippen LogP contribution < -0.4 is 5.56 Å². The number of aromatic nitrogens is 2. The fraction of sp³-hybridized carbons (Fsp3) is 0.158. The monoisotopic (exact) mass is 354 g/mol. The highest BCUT2D eigenvalue weighted by Gasteiger charge is 2.20. The van der Waals surface area contributed by atoms with Gasteiger partial charge in [-0.1, -0.05) is 23.7 Å². The molecular weight excluding hydrogens is 340 g/mol. The maximum absolute atomic E-state index is 12.7. The lowest BCUT2D eigenvalue weighted by Gasteiger charge is -2.06. The van der Waals surface area contributed by atoms with Gasteiger partial charge in [0.1, 0.15) is 5.82 Å². The summed E-state index contributed by atoms with van der Waals surface area (Å²) >= 11 is 7.77. The fourth-order valence-electron chi connectivity index (χ4n) is 3.03. The molecule has 120 valence electrons. The highest BCUT2D eigenvalue weighted by molar-refractivity contribution is 7.98. The Kier molecular flexibility index (Phi) is 3.94. The quantitative estimate of drug-likeness (QED) is 0.625. The van der Waals surface area contributed by atoms with Crippen LogP contribution in [0.3, 0.4) is 0 Å². The first-order valence-electron chi connectivity index (χ1n) is 7.71. The molecule has 1 aromatic heterocycles. The molecule has 0 amide bonds. The molecule has 0 unspecified atom stereocenters. The van der Waals surface area contributed by atoms with Crippen LogP contribution in [0.15, 0.2) is 52.2 Å². The van der Waals surface area contributed by atoms with Crippen molar-refractivity contribution in [2.75, 3.05) is 6.26 Å². The summed E-state index contributed by atoms with van der Waals surface area (Å²) in [5.41, 5.74) is 2.87. The van der Waals surface area contributed by atoms with Crippen LogP contribution in [0.1, 0.15) is 17.8 Å². The standard InChI is InChI=1S/C19H15ClN2OS/c1-24-15-5-2-12(3-6-15)10-13-8-9-22-18(13)21-17-11-14(20)4-7-16(17)19(22)23/h2-7,10-11H,8-9H2,1H3/b13-10+. The molecule has 0 N–H and O–H groups in total. The van der Waals surface area contributed by atoms with Gasteiger partial charge in [-0.15, -0.1) is 11.8 Å². The van der Waals surface area contributed by atoms with E-state index in [-0.39, 0.29) is 5.56 Å². The molecule has 24 heavy (non-hydrogen) atoms. The Balaban J connectivity index is 1.84. The van der Waals surface area contributed by atoms with Crippen LogP contribution in [0.25, 0.3) is 22.6 Å². The molecule has 0 bridgehead atoms. The van der Waals surface area contributed by atoms with E-state index in [0.717, 1.165) is 23.4 Å². The summed E-state index contributed by atoms with van der Waals surface area (Å²) in [5.74, 6) is 0.753. The van der Waals surface area contributed by atoms with E-state index in [4.69, 9.17) is 16.6 Å². The van der Waals surface area contributed by atoms with Gasteiger partial charge in [-0.05, 0) is 60.2 Å². The molecular formula is C19H15ClN2OS. The predicted octanol–water partition coefficient (Wildman–Crippen LogP) is 4.72. The second kappa shape index (κ2) is 6.11. The molecule has 5 heteroatoms. The van der Waals surface area contributed by atoms with Crippen molar-refractivity contribution in [2.45, 2.75) is 17.9 Å². The lowest BCUT2D eigenvalue weighted by atomic mass is 10.1. The molecule has 2 heterocycles. The summed E-state index contributed by atoms with van der Waals surface area (Å²) in [6.07, 6.45) is 5.00. The van der Waals surface area contributed by atoms with Crippen LogP contribution in [0, 0.1) is 0 Å². The summed E-state index contributed by atoms with van der Waals surface area (Å²) in [7, 11) is 0. The van der Waals surface area contributed by atoms with Crippen molar-refractivity contribution in [1.82, 2.24) is 9.55 Å².